The van der Waals surface area contributed by atoms with Gasteiger partial charge in [-0.3, -0.25) is 0 Å². The van der Waals surface area contributed by atoms with Gasteiger partial charge in [-0.1, -0.05) is 0 Å². The standard InChI is InChI=1S/C8H8F3NO.ClH/c9-4-1-2-5(10)8(11)7(4)6(12)3-13;/h1-2,6,13H,3,12H2;1H/t6-;/m1./s1. The Kier molecular flexibility index (Phi) is 4.90. The third-order valence-electron chi connectivity index (χ3n) is 1.65. The molecule has 1 rings (SSSR count). The molecule has 0 saturated carbocycles. The van der Waals surface area contributed by atoms with Crippen LogP contribution >= 0.6 is 12.4 Å². The predicted octanol–water partition coefficient (Wildman–Crippen LogP) is 1.52. The van der Waals surface area contributed by atoms with E-state index in [0.29, 0.717) is 6.07 Å². The first kappa shape index (κ1) is 13.2. The SMILES string of the molecule is Cl.N[C@H](CO)c1c(F)ccc(F)c1F. The van der Waals surface area contributed by atoms with Gasteiger partial charge in [0.1, 0.15) is 5.82 Å². The topological polar surface area (TPSA) is 46.2 Å². The van der Waals surface area contributed by atoms with E-state index in [-0.39, 0.29) is 12.4 Å². The number of benzene rings is 1. The molecule has 2 nitrogen and oxygen atoms in total. The van der Waals surface area contributed by atoms with E-state index in [0.717, 1.165) is 6.07 Å². The summed E-state index contributed by atoms with van der Waals surface area (Å²) in [4.78, 5) is 0. The summed E-state index contributed by atoms with van der Waals surface area (Å²) in [6, 6.07) is 0.192. The number of halogens is 4. The molecule has 0 saturated heterocycles. The lowest BCUT2D eigenvalue weighted by atomic mass is 10.1. The quantitative estimate of drug-likeness (QED) is 0.753. The van der Waals surface area contributed by atoms with Gasteiger partial charge in [0.25, 0.3) is 0 Å². The van der Waals surface area contributed by atoms with Crippen LogP contribution in [0.1, 0.15) is 11.6 Å². The van der Waals surface area contributed by atoms with Crippen LogP contribution in [0.2, 0.25) is 0 Å². The van der Waals surface area contributed by atoms with Crippen LogP contribution in [0.3, 0.4) is 0 Å². The van der Waals surface area contributed by atoms with Crippen molar-refractivity contribution in [3.8, 4) is 0 Å². The van der Waals surface area contributed by atoms with Crippen molar-refractivity contribution >= 4 is 12.4 Å². The smallest absolute Gasteiger partial charge is 0.166 e. The van der Waals surface area contributed by atoms with E-state index < -0.39 is 35.7 Å². The second-order valence-corrected chi connectivity index (χ2v) is 2.55. The van der Waals surface area contributed by atoms with Crippen molar-refractivity contribution in [2.75, 3.05) is 6.61 Å². The van der Waals surface area contributed by atoms with Gasteiger partial charge < -0.3 is 10.8 Å². The van der Waals surface area contributed by atoms with E-state index in [4.69, 9.17) is 10.8 Å². The molecular formula is C8H9ClF3NO. The van der Waals surface area contributed by atoms with E-state index in [1.54, 1.807) is 0 Å². The third kappa shape index (κ3) is 2.37. The number of aliphatic hydroxyl groups is 1. The van der Waals surface area contributed by atoms with Crippen LogP contribution in [-0.2, 0) is 0 Å². The summed E-state index contributed by atoms with van der Waals surface area (Å²) in [7, 11) is 0. The maximum Gasteiger partial charge on any atom is 0.166 e. The summed E-state index contributed by atoms with van der Waals surface area (Å²) in [5.41, 5.74) is 4.55. The Bertz CT molecular complexity index is 322. The zero-order valence-corrected chi connectivity index (χ0v) is 7.82. The largest absolute Gasteiger partial charge is 0.394 e. The van der Waals surface area contributed by atoms with Gasteiger partial charge in [-0.2, -0.15) is 0 Å². The molecule has 3 N–H and O–H groups in total. The highest BCUT2D eigenvalue weighted by molar-refractivity contribution is 5.85. The fraction of sp³-hybridized carbons (Fsp3) is 0.250. The van der Waals surface area contributed by atoms with Gasteiger partial charge in [-0.05, 0) is 12.1 Å². The first-order valence-electron chi connectivity index (χ1n) is 3.57. The highest BCUT2D eigenvalue weighted by atomic mass is 35.5. The van der Waals surface area contributed by atoms with Crippen LogP contribution in [0, 0.1) is 17.5 Å². The first-order valence-corrected chi connectivity index (χ1v) is 3.57. The minimum absolute atomic E-state index is 0. The van der Waals surface area contributed by atoms with E-state index in [9.17, 15) is 13.2 Å². The number of aliphatic hydroxyl groups excluding tert-OH is 1. The van der Waals surface area contributed by atoms with Crippen molar-refractivity contribution in [2.45, 2.75) is 6.04 Å². The molecule has 0 heterocycles. The van der Waals surface area contributed by atoms with Crippen LogP contribution in [0.15, 0.2) is 12.1 Å². The molecule has 14 heavy (non-hydrogen) atoms. The molecule has 1 atom stereocenters. The van der Waals surface area contributed by atoms with Crippen molar-refractivity contribution in [1.82, 2.24) is 0 Å². The summed E-state index contributed by atoms with van der Waals surface area (Å²) < 4.78 is 38.3. The summed E-state index contributed by atoms with van der Waals surface area (Å²) in [5, 5.41) is 8.55. The van der Waals surface area contributed by atoms with E-state index in [1.807, 2.05) is 0 Å². The van der Waals surface area contributed by atoms with Crippen molar-refractivity contribution in [3.63, 3.8) is 0 Å². The lowest BCUT2D eigenvalue weighted by molar-refractivity contribution is 0.261. The zero-order chi connectivity index (χ0) is 10.0. The molecule has 0 radical (unpaired) electrons. The van der Waals surface area contributed by atoms with Gasteiger partial charge >= 0.3 is 0 Å². The van der Waals surface area contributed by atoms with Crippen molar-refractivity contribution in [3.05, 3.63) is 35.1 Å². The Balaban J connectivity index is 0.00000169. The lowest BCUT2D eigenvalue weighted by Crippen LogP contribution is -2.18. The molecule has 0 aliphatic rings. The van der Waals surface area contributed by atoms with Gasteiger partial charge in [0.15, 0.2) is 11.6 Å². The van der Waals surface area contributed by atoms with Crippen LogP contribution in [0.4, 0.5) is 13.2 Å². The van der Waals surface area contributed by atoms with Crippen LogP contribution < -0.4 is 5.73 Å². The Morgan fingerprint density at radius 3 is 2.21 bits per heavy atom. The minimum Gasteiger partial charge on any atom is -0.394 e. The number of nitrogens with two attached hydrogens (primary N) is 1. The third-order valence-corrected chi connectivity index (χ3v) is 1.65. The van der Waals surface area contributed by atoms with Crippen molar-refractivity contribution in [2.24, 2.45) is 5.73 Å². The highest BCUT2D eigenvalue weighted by Crippen LogP contribution is 2.20. The average Bonchev–Trinajstić information content (AvgIpc) is 2.12. The highest BCUT2D eigenvalue weighted by Gasteiger charge is 2.18. The molecule has 0 spiro atoms. The molecule has 80 valence electrons. The molecular weight excluding hydrogens is 219 g/mol. The molecule has 0 aromatic heterocycles. The predicted molar refractivity (Wildman–Crippen MR) is 47.6 cm³/mol. The Labute approximate surface area is 84.9 Å². The second kappa shape index (κ2) is 5.19. The van der Waals surface area contributed by atoms with Gasteiger partial charge in [-0.15, -0.1) is 12.4 Å². The van der Waals surface area contributed by atoms with Crippen molar-refractivity contribution in [1.29, 1.82) is 0 Å². The Morgan fingerprint density at radius 1 is 1.21 bits per heavy atom. The molecule has 1 aromatic carbocycles. The van der Waals surface area contributed by atoms with E-state index >= 15 is 0 Å². The summed E-state index contributed by atoms with van der Waals surface area (Å²) in [6.07, 6.45) is 0. The number of hydrogen-bond donors (Lipinski definition) is 2. The molecule has 0 aliphatic carbocycles. The molecule has 0 aliphatic heterocycles. The average molecular weight is 228 g/mol. The number of hydrogen-bond acceptors (Lipinski definition) is 2. The molecule has 0 fully saturated rings. The lowest BCUT2D eigenvalue weighted by Gasteiger charge is -2.10. The fourth-order valence-corrected chi connectivity index (χ4v) is 0.974. The number of rotatable bonds is 2. The van der Waals surface area contributed by atoms with E-state index in [1.165, 1.54) is 0 Å². The normalized spacial score (nSPS) is 12.1. The van der Waals surface area contributed by atoms with Crippen molar-refractivity contribution < 1.29 is 18.3 Å². The van der Waals surface area contributed by atoms with Crippen LogP contribution in [0.25, 0.3) is 0 Å². The van der Waals surface area contributed by atoms with Gasteiger partial charge in [0, 0.05) is 5.56 Å². The van der Waals surface area contributed by atoms with Gasteiger partial charge in [0.05, 0.1) is 12.6 Å². The fourth-order valence-electron chi connectivity index (χ4n) is 0.974. The summed E-state index contributed by atoms with van der Waals surface area (Å²) in [6.45, 7) is -0.642. The Hall–Kier alpha value is -0.780. The molecule has 6 heteroatoms. The summed E-state index contributed by atoms with van der Waals surface area (Å²) >= 11 is 0. The molecule has 0 bridgehead atoms. The molecule has 0 unspecified atom stereocenters. The first-order chi connectivity index (χ1) is 6.07. The van der Waals surface area contributed by atoms with Crippen LogP contribution in [0.5, 0.6) is 0 Å². The van der Waals surface area contributed by atoms with E-state index in [2.05, 4.69) is 0 Å². The maximum atomic E-state index is 12.9. The second-order valence-electron chi connectivity index (χ2n) is 2.55. The monoisotopic (exact) mass is 227 g/mol. The van der Waals surface area contributed by atoms with Gasteiger partial charge in [0.2, 0.25) is 0 Å². The maximum absolute atomic E-state index is 12.9. The van der Waals surface area contributed by atoms with Gasteiger partial charge in [-0.25, -0.2) is 13.2 Å². The Morgan fingerprint density at radius 2 is 1.71 bits per heavy atom. The minimum atomic E-state index is -1.35. The molecule has 0 amide bonds. The molecule has 1 aromatic rings. The van der Waals surface area contributed by atoms with Crippen LogP contribution in [-0.4, -0.2) is 11.7 Å². The summed E-state index contributed by atoms with van der Waals surface area (Å²) in [5.74, 6) is -3.48. The zero-order valence-electron chi connectivity index (χ0n) is 7.01.